The largest absolute Gasteiger partial charge is 0.484 e. The first-order valence-electron chi connectivity index (χ1n) is 8.21. The quantitative estimate of drug-likeness (QED) is 0.607. The molecule has 3 rings (SSSR count). The number of anilines is 1. The molecule has 2 aromatic rings. The second-order valence-electron chi connectivity index (χ2n) is 5.78. The molecule has 2 N–H and O–H groups in total. The number of rotatable bonds is 6. The van der Waals surface area contributed by atoms with E-state index in [4.69, 9.17) is 9.47 Å². The number of morpholine rings is 1. The van der Waals surface area contributed by atoms with Crippen LogP contribution in [0.3, 0.4) is 0 Å². The van der Waals surface area contributed by atoms with Crippen LogP contribution >= 0.6 is 0 Å². The Labute approximate surface area is 150 Å². The highest BCUT2D eigenvalue weighted by Crippen LogP contribution is 2.21. The summed E-state index contributed by atoms with van der Waals surface area (Å²) in [6.45, 7) is 2.06. The standard InChI is InChI=1S/C18H19N3O5/c22-18(12-26-16-3-1-2-15(10-16)21(23)24)20-14-6-4-13(5-7-14)17-11-19-8-9-25-17/h1-7,10,17,19H,8-9,11-12H2,(H,20,22). The van der Waals surface area contributed by atoms with Gasteiger partial charge in [-0.05, 0) is 23.8 Å². The molecular weight excluding hydrogens is 338 g/mol. The van der Waals surface area contributed by atoms with Crippen molar-refractivity contribution in [1.82, 2.24) is 5.32 Å². The van der Waals surface area contributed by atoms with E-state index in [2.05, 4.69) is 10.6 Å². The third kappa shape index (κ3) is 4.78. The van der Waals surface area contributed by atoms with Crippen LogP contribution < -0.4 is 15.4 Å². The summed E-state index contributed by atoms with van der Waals surface area (Å²) >= 11 is 0. The lowest BCUT2D eigenvalue weighted by Crippen LogP contribution is -2.33. The molecule has 1 amide bonds. The zero-order valence-electron chi connectivity index (χ0n) is 14.0. The average molecular weight is 357 g/mol. The minimum absolute atomic E-state index is 0.0192. The molecule has 8 heteroatoms. The number of amides is 1. The maximum atomic E-state index is 12.0. The highest BCUT2D eigenvalue weighted by atomic mass is 16.6. The van der Waals surface area contributed by atoms with Crippen LogP contribution in [0.4, 0.5) is 11.4 Å². The normalized spacial score (nSPS) is 16.7. The van der Waals surface area contributed by atoms with Gasteiger partial charge in [0.25, 0.3) is 11.6 Å². The van der Waals surface area contributed by atoms with Gasteiger partial charge in [-0.15, -0.1) is 0 Å². The van der Waals surface area contributed by atoms with E-state index in [1.54, 1.807) is 18.2 Å². The number of ether oxygens (including phenoxy) is 2. The topological polar surface area (TPSA) is 103 Å². The first-order chi connectivity index (χ1) is 12.6. The first kappa shape index (κ1) is 17.8. The van der Waals surface area contributed by atoms with Crippen molar-refractivity contribution in [1.29, 1.82) is 0 Å². The maximum Gasteiger partial charge on any atom is 0.273 e. The van der Waals surface area contributed by atoms with Gasteiger partial charge < -0.3 is 20.1 Å². The van der Waals surface area contributed by atoms with Crippen LogP contribution in [0.1, 0.15) is 11.7 Å². The number of nitrogens with zero attached hydrogens (tertiary/aromatic N) is 1. The number of nitro benzene ring substituents is 1. The number of hydrogen-bond acceptors (Lipinski definition) is 6. The zero-order valence-corrected chi connectivity index (χ0v) is 14.0. The van der Waals surface area contributed by atoms with Gasteiger partial charge in [0.2, 0.25) is 0 Å². The molecule has 0 bridgehead atoms. The number of hydrogen-bond donors (Lipinski definition) is 2. The lowest BCUT2D eigenvalue weighted by atomic mass is 10.1. The van der Waals surface area contributed by atoms with E-state index in [0.717, 1.165) is 18.7 Å². The zero-order chi connectivity index (χ0) is 18.4. The molecule has 1 atom stereocenters. The minimum atomic E-state index is -0.514. The fourth-order valence-corrected chi connectivity index (χ4v) is 2.59. The van der Waals surface area contributed by atoms with Gasteiger partial charge in [0, 0.05) is 24.8 Å². The summed E-state index contributed by atoms with van der Waals surface area (Å²) in [5.74, 6) is -0.0773. The number of benzene rings is 2. The Morgan fingerprint density at radius 3 is 2.81 bits per heavy atom. The minimum Gasteiger partial charge on any atom is -0.484 e. The summed E-state index contributed by atoms with van der Waals surface area (Å²) < 4.78 is 11.0. The van der Waals surface area contributed by atoms with Crippen LogP contribution in [0.25, 0.3) is 0 Å². The highest BCUT2D eigenvalue weighted by Gasteiger charge is 2.15. The Bertz CT molecular complexity index is 773. The molecule has 1 unspecified atom stereocenters. The van der Waals surface area contributed by atoms with E-state index in [0.29, 0.717) is 12.3 Å². The van der Waals surface area contributed by atoms with Crippen molar-refractivity contribution in [3.05, 3.63) is 64.2 Å². The Morgan fingerprint density at radius 1 is 1.31 bits per heavy atom. The Balaban J connectivity index is 1.51. The van der Waals surface area contributed by atoms with E-state index in [1.165, 1.54) is 18.2 Å². The first-order valence-corrected chi connectivity index (χ1v) is 8.21. The van der Waals surface area contributed by atoms with Crippen LogP contribution in [0.5, 0.6) is 5.75 Å². The fraction of sp³-hybridized carbons (Fsp3) is 0.278. The molecule has 0 aliphatic carbocycles. The number of nitro groups is 1. The van der Waals surface area contributed by atoms with Crippen LogP contribution in [-0.2, 0) is 9.53 Å². The van der Waals surface area contributed by atoms with Crippen molar-refractivity contribution in [3.8, 4) is 5.75 Å². The summed E-state index contributed by atoms with van der Waals surface area (Å²) in [6.07, 6.45) is 0.0192. The van der Waals surface area contributed by atoms with Crippen molar-refractivity contribution in [2.24, 2.45) is 0 Å². The highest BCUT2D eigenvalue weighted by molar-refractivity contribution is 5.91. The monoisotopic (exact) mass is 357 g/mol. The van der Waals surface area contributed by atoms with Gasteiger partial charge in [-0.2, -0.15) is 0 Å². The van der Waals surface area contributed by atoms with Crippen molar-refractivity contribution < 1.29 is 19.2 Å². The predicted octanol–water partition coefficient (Wildman–Crippen LogP) is 2.27. The third-order valence-electron chi connectivity index (χ3n) is 3.89. The summed E-state index contributed by atoms with van der Waals surface area (Å²) in [5.41, 5.74) is 1.60. The number of carbonyl (C=O) groups excluding carboxylic acids is 1. The van der Waals surface area contributed by atoms with Crippen molar-refractivity contribution in [3.63, 3.8) is 0 Å². The maximum absolute atomic E-state index is 12.0. The molecule has 1 heterocycles. The smallest absolute Gasteiger partial charge is 0.273 e. The molecule has 1 aliphatic heterocycles. The van der Waals surface area contributed by atoms with Crippen LogP contribution in [-0.4, -0.2) is 37.1 Å². The number of carbonyl (C=O) groups is 1. The van der Waals surface area contributed by atoms with Crippen LogP contribution in [0.15, 0.2) is 48.5 Å². The van der Waals surface area contributed by atoms with Gasteiger partial charge in [0.05, 0.1) is 23.7 Å². The van der Waals surface area contributed by atoms with E-state index < -0.39 is 4.92 Å². The van der Waals surface area contributed by atoms with E-state index in [9.17, 15) is 14.9 Å². The molecule has 2 aromatic carbocycles. The molecule has 0 radical (unpaired) electrons. The summed E-state index contributed by atoms with van der Waals surface area (Å²) in [7, 11) is 0. The average Bonchev–Trinajstić information content (AvgIpc) is 2.68. The summed E-state index contributed by atoms with van der Waals surface area (Å²) in [6, 6.07) is 13.1. The van der Waals surface area contributed by atoms with Gasteiger partial charge >= 0.3 is 0 Å². The van der Waals surface area contributed by atoms with Gasteiger partial charge in [-0.25, -0.2) is 0 Å². The Hall–Kier alpha value is -2.97. The second kappa shape index (κ2) is 8.41. The van der Waals surface area contributed by atoms with Gasteiger partial charge in [0.15, 0.2) is 6.61 Å². The van der Waals surface area contributed by atoms with Gasteiger partial charge in [-0.3, -0.25) is 14.9 Å². The number of non-ortho nitro benzene ring substituents is 1. The van der Waals surface area contributed by atoms with E-state index in [1.807, 2.05) is 12.1 Å². The van der Waals surface area contributed by atoms with Gasteiger partial charge in [0.1, 0.15) is 5.75 Å². The predicted molar refractivity (Wildman–Crippen MR) is 95.2 cm³/mol. The Kier molecular flexibility index (Phi) is 5.77. The molecule has 0 spiro atoms. The van der Waals surface area contributed by atoms with E-state index in [-0.39, 0.29) is 30.1 Å². The second-order valence-corrected chi connectivity index (χ2v) is 5.78. The molecule has 1 aliphatic rings. The molecule has 8 nitrogen and oxygen atoms in total. The lowest BCUT2D eigenvalue weighted by Gasteiger charge is -2.24. The summed E-state index contributed by atoms with van der Waals surface area (Å²) in [5, 5.41) is 16.7. The third-order valence-corrected chi connectivity index (χ3v) is 3.89. The van der Waals surface area contributed by atoms with Crippen molar-refractivity contribution in [2.45, 2.75) is 6.10 Å². The molecule has 0 aromatic heterocycles. The van der Waals surface area contributed by atoms with E-state index >= 15 is 0 Å². The SMILES string of the molecule is O=C(COc1cccc([N+](=O)[O-])c1)Nc1ccc(C2CNCCO2)cc1. The van der Waals surface area contributed by atoms with Crippen molar-refractivity contribution >= 4 is 17.3 Å². The Morgan fingerprint density at radius 2 is 2.12 bits per heavy atom. The lowest BCUT2D eigenvalue weighted by molar-refractivity contribution is -0.384. The fourth-order valence-electron chi connectivity index (χ4n) is 2.59. The molecule has 1 fully saturated rings. The molecule has 0 saturated carbocycles. The molecule has 136 valence electrons. The summed E-state index contributed by atoms with van der Waals surface area (Å²) in [4.78, 5) is 22.2. The van der Waals surface area contributed by atoms with Gasteiger partial charge in [-0.1, -0.05) is 18.2 Å². The molecule has 1 saturated heterocycles. The molecule has 26 heavy (non-hydrogen) atoms. The molecular formula is C18H19N3O5. The van der Waals surface area contributed by atoms with Crippen molar-refractivity contribution in [2.75, 3.05) is 31.6 Å². The number of nitrogens with one attached hydrogen (secondary N) is 2. The van der Waals surface area contributed by atoms with Crippen LogP contribution in [0, 0.1) is 10.1 Å². The van der Waals surface area contributed by atoms with Crippen LogP contribution in [0.2, 0.25) is 0 Å².